The Hall–Kier alpha value is -2.24. The molecule has 0 amide bonds. The highest BCUT2D eigenvalue weighted by Crippen LogP contribution is 2.40. The van der Waals surface area contributed by atoms with E-state index in [0.29, 0.717) is 0 Å². The van der Waals surface area contributed by atoms with Gasteiger partial charge in [-0.2, -0.15) is 0 Å². The van der Waals surface area contributed by atoms with Crippen molar-refractivity contribution in [1.82, 2.24) is 14.9 Å². The first-order chi connectivity index (χ1) is 12.3. The Morgan fingerprint density at radius 1 is 0.920 bits per heavy atom. The van der Waals surface area contributed by atoms with E-state index in [1.165, 1.54) is 11.3 Å². The Morgan fingerprint density at radius 3 is 2.56 bits per heavy atom. The van der Waals surface area contributed by atoms with E-state index < -0.39 is 0 Å². The molecule has 0 atom stereocenters. The summed E-state index contributed by atoms with van der Waals surface area (Å²) in [4.78, 5) is 15.4. The number of hydrogen-bond acceptors (Lipinski definition) is 5. The van der Waals surface area contributed by atoms with Gasteiger partial charge >= 0.3 is 0 Å². The van der Waals surface area contributed by atoms with Crippen LogP contribution in [0, 0.1) is 0 Å². The number of likely N-dealkylation sites (N-methyl/N-ethyl adjacent to an activating group) is 1. The molecule has 3 aromatic rings. The van der Waals surface area contributed by atoms with Crippen LogP contribution in [0.4, 0.5) is 5.13 Å². The van der Waals surface area contributed by atoms with E-state index >= 15 is 0 Å². The van der Waals surface area contributed by atoms with E-state index in [1.807, 2.05) is 24.5 Å². The lowest BCUT2D eigenvalue weighted by molar-refractivity contribution is 0.360. The molecular weight excluding hydrogens is 328 g/mol. The highest BCUT2D eigenvalue weighted by molar-refractivity contribution is 7.19. The molecular formula is C20H22N4S. The zero-order chi connectivity index (χ0) is 17.1. The SMILES string of the molecule is CN1CCCN(c2nc(-c3ccccc3)c(-c3cccnc3)s2)CC1. The van der Waals surface area contributed by atoms with Gasteiger partial charge in [0.05, 0.1) is 10.6 Å². The molecule has 1 saturated heterocycles. The van der Waals surface area contributed by atoms with E-state index in [1.54, 1.807) is 11.3 Å². The molecule has 1 fully saturated rings. The number of hydrogen-bond donors (Lipinski definition) is 0. The highest BCUT2D eigenvalue weighted by Gasteiger charge is 2.20. The minimum atomic E-state index is 1.03. The van der Waals surface area contributed by atoms with Crippen molar-refractivity contribution >= 4 is 16.5 Å². The Kier molecular flexibility index (Phi) is 4.76. The Bertz CT molecular complexity index is 759. The van der Waals surface area contributed by atoms with Crippen LogP contribution in [0.2, 0.25) is 0 Å². The lowest BCUT2D eigenvalue weighted by atomic mass is 10.1. The second-order valence-corrected chi connectivity index (χ2v) is 7.40. The van der Waals surface area contributed by atoms with Crippen molar-refractivity contribution in [2.45, 2.75) is 6.42 Å². The van der Waals surface area contributed by atoms with Gasteiger partial charge in [0.1, 0.15) is 0 Å². The summed E-state index contributed by atoms with van der Waals surface area (Å²) < 4.78 is 0. The van der Waals surface area contributed by atoms with Gasteiger partial charge in [0.15, 0.2) is 5.13 Å². The molecule has 0 saturated carbocycles. The quantitative estimate of drug-likeness (QED) is 0.714. The van der Waals surface area contributed by atoms with Crippen LogP contribution in [0.1, 0.15) is 6.42 Å². The Balaban J connectivity index is 1.76. The average Bonchev–Trinajstić information content (AvgIpc) is 3.00. The largest absolute Gasteiger partial charge is 0.347 e. The van der Waals surface area contributed by atoms with Crippen LogP contribution in [0.5, 0.6) is 0 Å². The summed E-state index contributed by atoms with van der Waals surface area (Å²) in [7, 11) is 2.20. The summed E-state index contributed by atoms with van der Waals surface area (Å²) in [5.74, 6) is 0. The fourth-order valence-corrected chi connectivity index (χ4v) is 4.30. The first-order valence-corrected chi connectivity index (χ1v) is 9.53. The molecule has 25 heavy (non-hydrogen) atoms. The predicted molar refractivity (Wildman–Crippen MR) is 105 cm³/mol. The van der Waals surface area contributed by atoms with Gasteiger partial charge in [-0.25, -0.2) is 4.98 Å². The maximum atomic E-state index is 5.05. The van der Waals surface area contributed by atoms with Crippen molar-refractivity contribution < 1.29 is 0 Å². The Morgan fingerprint density at radius 2 is 1.76 bits per heavy atom. The van der Waals surface area contributed by atoms with Crippen LogP contribution in [0.3, 0.4) is 0 Å². The third-order valence-corrected chi connectivity index (χ3v) is 5.74. The maximum Gasteiger partial charge on any atom is 0.186 e. The number of rotatable bonds is 3. The monoisotopic (exact) mass is 350 g/mol. The van der Waals surface area contributed by atoms with Gasteiger partial charge < -0.3 is 9.80 Å². The van der Waals surface area contributed by atoms with Gasteiger partial charge in [0.25, 0.3) is 0 Å². The normalized spacial score (nSPS) is 16.0. The van der Waals surface area contributed by atoms with Crippen LogP contribution in [-0.4, -0.2) is 48.1 Å². The predicted octanol–water partition coefficient (Wildman–Crippen LogP) is 4.01. The summed E-state index contributed by atoms with van der Waals surface area (Å²) in [6.07, 6.45) is 4.93. The molecule has 0 bridgehead atoms. The van der Waals surface area contributed by atoms with Crippen LogP contribution < -0.4 is 4.90 Å². The van der Waals surface area contributed by atoms with E-state index in [-0.39, 0.29) is 0 Å². The van der Waals surface area contributed by atoms with Gasteiger partial charge in [-0.3, -0.25) is 4.98 Å². The van der Waals surface area contributed by atoms with Gasteiger partial charge in [0, 0.05) is 43.2 Å². The van der Waals surface area contributed by atoms with Crippen LogP contribution >= 0.6 is 11.3 Å². The molecule has 0 radical (unpaired) electrons. The number of anilines is 1. The van der Waals surface area contributed by atoms with Crippen LogP contribution in [0.15, 0.2) is 54.9 Å². The summed E-state index contributed by atoms with van der Waals surface area (Å²) in [6.45, 7) is 4.34. The molecule has 0 spiro atoms. The number of benzene rings is 1. The minimum absolute atomic E-state index is 1.03. The third-order valence-electron chi connectivity index (χ3n) is 4.58. The average molecular weight is 350 g/mol. The minimum Gasteiger partial charge on any atom is -0.347 e. The molecule has 0 N–H and O–H groups in total. The molecule has 0 aliphatic carbocycles. The fraction of sp³-hybridized carbons (Fsp3) is 0.300. The van der Waals surface area contributed by atoms with Gasteiger partial charge in [-0.15, -0.1) is 0 Å². The molecule has 1 aliphatic heterocycles. The molecule has 5 heteroatoms. The summed E-state index contributed by atoms with van der Waals surface area (Å²) in [5, 5.41) is 1.12. The number of nitrogens with zero attached hydrogens (tertiary/aromatic N) is 4. The van der Waals surface area contributed by atoms with Crippen molar-refractivity contribution in [3.8, 4) is 21.7 Å². The summed E-state index contributed by atoms with van der Waals surface area (Å²) >= 11 is 1.78. The lowest BCUT2D eigenvalue weighted by Crippen LogP contribution is -2.28. The van der Waals surface area contributed by atoms with Gasteiger partial charge in [-0.1, -0.05) is 47.7 Å². The molecule has 1 aliphatic rings. The first kappa shape index (κ1) is 16.2. The molecule has 128 valence electrons. The maximum absolute atomic E-state index is 5.05. The zero-order valence-corrected chi connectivity index (χ0v) is 15.2. The van der Waals surface area contributed by atoms with E-state index in [0.717, 1.165) is 48.1 Å². The topological polar surface area (TPSA) is 32.3 Å². The second-order valence-electron chi connectivity index (χ2n) is 6.43. The third kappa shape index (κ3) is 3.57. The standard InChI is InChI=1S/C20H22N4S/c1-23-11-6-12-24(14-13-23)20-22-18(16-7-3-2-4-8-16)19(25-20)17-9-5-10-21-15-17/h2-5,7-10,15H,6,11-14H2,1H3. The highest BCUT2D eigenvalue weighted by atomic mass is 32.1. The van der Waals surface area contributed by atoms with Gasteiger partial charge in [0.2, 0.25) is 0 Å². The number of thiazole rings is 1. The molecule has 0 unspecified atom stereocenters. The molecule has 3 heterocycles. The van der Waals surface area contributed by atoms with E-state index in [2.05, 4.69) is 52.2 Å². The Labute approximate surface area is 152 Å². The molecule has 4 nitrogen and oxygen atoms in total. The number of aromatic nitrogens is 2. The van der Waals surface area contributed by atoms with Crippen molar-refractivity contribution in [1.29, 1.82) is 0 Å². The van der Waals surface area contributed by atoms with Crippen molar-refractivity contribution in [3.05, 3.63) is 54.9 Å². The van der Waals surface area contributed by atoms with Crippen molar-refractivity contribution in [3.63, 3.8) is 0 Å². The van der Waals surface area contributed by atoms with Crippen molar-refractivity contribution in [2.75, 3.05) is 38.1 Å². The van der Waals surface area contributed by atoms with E-state index in [9.17, 15) is 0 Å². The smallest absolute Gasteiger partial charge is 0.186 e. The van der Waals surface area contributed by atoms with Crippen LogP contribution in [0.25, 0.3) is 21.7 Å². The van der Waals surface area contributed by atoms with E-state index in [4.69, 9.17) is 4.98 Å². The second kappa shape index (κ2) is 7.33. The first-order valence-electron chi connectivity index (χ1n) is 8.71. The number of pyridine rings is 1. The zero-order valence-electron chi connectivity index (χ0n) is 14.4. The van der Waals surface area contributed by atoms with Gasteiger partial charge in [-0.05, 0) is 26.1 Å². The van der Waals surface area contributed by atoms with Crippen molar-refractivity contribution in [2.24, 2.45) is 0 Å². The molecule has 1 aromatic carbocycles. The lowest BCUT2D eigenvalue weighted by Gasteiger charge is -2.19. The summed E-state index contributed by atoms with van der Waals surface area (Å²) in [5.41, 5.74) is 3.36. The van der Waals surface area contributed by atoms with Crippen LogP contribution in [-0.2, 0) is 0 Å². The molecule has 4 rings (SSSR count). The fourth-order valence-electron chi connectivity index (χ4n) is 3.17. The molecule has 2 aromatic heterocycles. The summed E-state index contributed by atoms with van der Waals surface area (Å²) in [6, 6.07) is 14.6.